The fourth-order valence-corrected chi connectivity index (χ4v) is 3.25. The van der Waals surface area contributed by atoms with Crippen LogP contribution in [0.25, 0.3) is 5.57 Å². The molecule has 1 atom stereocenters. The van der Waals surface area contributed by atoms with Gasteiger partial charge in [-0.2, -0.15) is 0 Å². The van der Waals surface area contributed by atoms with Gasteiger partial charge in [-0.05, 0) is 29.5 Å². The molecule has 112 valence electrons. The molecule has 0 saturated carbocycles. The number of benzene rings is 2. The van der Waals surface area contributed by atoms with Gasteiger partial charge in [0.25, 0.3) is 0 Å². The average molecular weight is 292 g/mol. The molecule has 2 aromatic carbocycles. The molecule has 1 heterocycles. The molecule has 1 saturated heterocycles. The van der Waals surface area contributed by atoms with Crippen molar-refractivity contribution in [1.29, 1.82) is 0 Å². The third kappa shape index (κ3) is 2.07. The van der Waals surface area contributed by atoms with Gasteiger partial charge in [0.1, 0.15) is 5.76 Å². The summed E-state index contributed by atoms with van der Waals surface area (Å²) in [6.07, 6.45) is 1.54. The predicted octanol–water partition coefficient (Wildman–Crippen LogP) is 4.71. The van der Waals surface area contributed by atoms with E-state index in [0.717, 1.165) is 28.9 Å². The lowest BCUT2D eigenvalue weighted by molar-refractivity contribution is -0.160. The van der Waals surface area contributed by atoms with E-state index in [1.54, 1.807) is 0 Å². The average Bonchev–Trinajstić information content (AvgIpc) is 2.57. The summed E-state index contributed by atoms with van der Waals surface area (Å²) in [5, 5.41) is 0. The van der Waals surface area contributed by atoms with Crippen molar-refractivity contribution in [3.8, 4) is 0 Å². The minimum atomic E-state index is -0.623. The number of hydrogen-bond acceptors (Lipinski definition) is 2. The Hall–Kier alpha value is -2.35. The molecule has 1 fully saturated rings. The quantitative estimate of drug-likeness (QED) is 0.763. The van der Waals surface area contributed by atoms with Crippen molar-refractivity contribution in [2.75, 3.05) is 0 Å². The largest absolute Gasteiger partial charge is 0.428 e. The molecule has 1 aliphatic heterocycles. The van der Waals surface area contributed by atoms with Crippen molar-refractivity contribution in [1.82, 2.24) is 0 Å². The Kier molecular flexibility index (Phi) is 3.84. The fourth-order valence-electron chi connectivity index (χ4n) is 3.25. The number of esters is 1. The number of cyclic esters (lactones) is 1. The Morgan fingerprint density at radius 2 is 1.55 bits per heavy atom. The third-order valence-electron chi connectivity index (χ3n) is 4.48. The van der Waals surface area contributed by atoms with E-state index >= 15 is 0 Å². The third-order valence-corrected chi connectivity index (χ3v) is 4.48. The van der Waals surface area contributed by atoms with Crippen LogP contribution in [0.1, 0.15) is 37.8 Å². The van der Waals surface area contributed by atoms with Crippen molar-refractivity contribution in [3.63, 3.8) is 0 Å². The molecule has 0 aliphatic carbocycles. The van der Waals surface area contributed by atoms with E-state index < -0.39 is 5.41 Å². The van der Waals surface area contributed by atoms with E-state index in [1.165, 1.54) is 0 Å². The van der Waals surface area contributed by atoms with Gasteiger partial charge in [-0.15, -0.1) is 0 Å². The number of carbonyl (C=O) groups is 1. The minimum absolute atomic E-state index is 0.141. The Balaban J connectivity index is 2.18. The second-order valence-corrected chi connectivity index (χ2v) is 5.54. The molecule has 3 rings (SSSR count). The van der Waals surface area contributed by atoms with Gasteiger partial charge in [0.15, 0.2) is 5.41 Å². The lowest BCUT2D eigenvalue weighted by Gasteiger charge is -2.42. The topological polar surface area (TPSA) is 26.3 Å². The van der Waals surface area contributed by atoms with Crippen LogP contribution < -0.4 is 0 Å². The number of rotatable bonds is 4. The fraction of sp³-hybridized carbons (Fsp3) is 0.250. The number of hydrogen-bond donors (Lipinski definition) is 0. The molecule has 0 N–H and O–H groups in total. The van der Waals surface area contributed by atoms with Gasteiger partial charge >= 0.3 is 5.97 Å². The molecule has 22 heavy (non-hydrogen) atoms. The smallest absolute Gasteiger partial charge is 0.329 e. The second-order valence-electron chi connectivity index (χ2n) is 5.54. The Morgan fingerprint density at radius 1 is 0.955 bits per heavy atom. The van der Waals surface area contributed by atoms with Crippen molar-refractivity contribution >= 4 is 11.5 Å². The highest BCUT2D eigenvalue weighted by atomic mass is 16.6. The number of ether oxygens (including phenoxy) is 1. The first-order valence-electron chi connectivity index (χ1n) is 7.81. The van der Waals surface area contributed by atoms with Gasteiger partial charge in [-0.3, -0.25) is 4.79 Å². The lowest BCUT2D eigenvalue weighted by Crippen LogP contribution is -2.50. The number of carbonyl (C=O) groups excluding carboxylic acids is 1. The molecule has 2 heteroatoms. The maximum Gasteiger partial charge on any atom is 0.329 e. The summed E-state index contributed by atoms with van der Waals surface area (Å²) in [7, 11) is 0. The molecule has 1 unspecified atom stereocenters. The summed E-state index contributed by atoms with van der Waals surface area (Å²) in [5.41, 5.74) is 2.64. The Labute approximate surface area is 131 Å². The van der Waals surface area contributed by atoms with E-state index in [4.69, 9.17) is 4.74 Å². The first-order valence-corrected chi connectivity index (χ1v) is 7.81. The maximum atomic E-state index is 12.4. The summed E-state index contributed by atoms with van der Waals surface area (Å²) >= 11 is 0. The van der Waals surface area contributed by atoms with Crippen LogP contribution in [0.5, 0.6) is 0 Å². The molecule has 0 bridgehead atoms. The minimum Gasteiger partial charge on any atom is -0.428 e. The van der Waals surface area contributed by atoms with Crippen LogP contribution in [0.2, 0.25) is 0 Å². The summed E-state index contributed by atoms with van der Waals surface area (Å²) in [5.74, 6) is 0.679. The van der Waals surface area contributed by atoms with Crippen LogP contribution in [0.4, 0.5) is 0 Å². The van der Waals surface area contributed by atoms with Crippen LogP contribution >= 0.6 is 0 Å². The van der Waals surface area contributed by atoms with E-state index in [9.17, 15) is 4.79 Å². The van der Waals surface area contributed by atoms with Gasteiger partial charge in [0.2, 0.25) is 0 Å². The zero-order valence-corrected chi connectivity index (χ0v) is 13.0. The highest BCUT2D eigenvalue weighted by Gasteiger charge is 2.55. The van der Waals surface area contributed by atoms with E-state index in [1.807, 2.05) is 55.5 Å². The van der Waals surface area contributed by atoms with Crippen LogP contribution in [-0.2, 0) is 14.9 Å². The van der Waals surface area contributed by atoms with Gasteiger partial charge < -0.3 is 4.74 Å². The van der Waals surface area contributed by atoms with Gasteiger partial charge in [-0.25, -0.2) is 0 Å². The second kappa shape index (κ2) is 5.80. The highest BCUT2D eigenvalue weighted by Crippen LogP contribution is 2.49. The van der Waals surface area contributed by atoms with Crippen molar-refractivity contribution in [3.05, 3.63) is 77.5 Å². The van der Waals surface area contributed by atoms with Gasteiger partial charge in [0.05, 0.1) is 0 Å². The standard InChI is InChI=1S/C20H20O2/c1-3-17(15-11-7-5-8-12-15)18-20(4-2,19(21)22-18)16-13-9-6-10-14-16/h5-14H,3-4H2,1-2H3/b18-17-. The molecule has 2 nitrogen and oxygen atoms in total. The summed E-state index contributed by atoms with van der Waals surface area (Å²) in [4.78, 5) is 12.4. The first-order chi connectivity index (χ1) is 10.7. The summed E-state index contributed by atoms with van der Waals surface area (Å²) in [6.45, 7) is 4.15. The van der Waals surface area contributed by atoms with E-state index in [2.05, 4.69) is 19.1 Å². The molecule has 0 amide bonds. The molecule has 1 aliphatic rings. The van der Waals surface area contributed by atoms with Crippen LogP contribution in [0.15, 0.2) is 66.4 Å². The van der Waals surface area contributed by atoms with Gasteiger partial charge in [0, 0.05) is 0 Å². The monoisotopic (exact) mass is 292 g/mol. The van der Waals surface area contributed by atoms with Crippen LogP contribution in [0.3, 0.4) is 0 Å². The SMILES string of the molecule is CC/C(=C1/OC(=O)C1(CC)c1ccccc1)c1ccccc1. The molecule has 0 spiro atoms. The molecule has 0 radical (unpaired) electrons. The summed E-state index contributed by atoms with van der Waals surface area (Å²) < 4.78 is 5.55. The van der Waals surface area contributed by atoms with E-state index in [0.29, 0.717) is 6.42 Å². The van der Waals surface area contributed by atoms with Crippen molar-refractivity contribution in [2.45, 2.75) is 32.1 Å². The van der Waals surface area contributed by atoms with E-state index in [-0.39, 0.29) is 5.97 Å². The molecular weight excluding hydrogens is 272 g/mol. The maximum absolute atomic E-state index is 12.4. The number of allylic oxidation sites excluding steroid dienone is 1. The molecule has 0 aromatic heterocycles. The Morgan fingerprint density at radius 3 is 2.05 bits per heavy atom. The van der Waals surface area contributed by atoms with Crippen LogP contribution in [0, 0.1) is 0 Å². The lowest BCUT2D eigenvalue weighted by atomic mass is 9.70. The molecule has 2 aromatic rings. The predicted molar refractivity (Wildman–Crippen MR) is 88.2 cm³/mol. The zero-order valence-electron chi connectivity index (χ0n) is 13.0. The zero-order chi connectivity index (χ0) is 15.6. The van der Waals surface area contributed by atoms with Gasteiger partial charge in [-0.1, -0.05) is 74.5 Å². The first kappa shape index (κ1) is 14.6. The summed E-state index contributed by atoms with van der Waals surface area (Å²) in [6, 6.07) is 20.1. The Bertz CT molecular complexity index is 701. The normalized spacial score (nSPS) is 22.7. The van der Waals surface area contributed by atoms with Crippen molar-refractivity contribution < 1.29 is 9.53 Å². The van der Waals surface area contributed by atoms with Crippen molar-refractivity contribution in [2.24, 2.45) is 0 Å². The van der Waals surface area contributed by atoms with Crippen LogP contribution in [-0.4, -0.2) is 5.97 Å². The highest BCUT2D eigenvalue weighted by molar-refractivity contribution is 5.98. The molecular formula is C20H20O2.